The molecule has 3 nitrogen and oxygen atoms in total. The van der Waals surface area contributed by atoms with Crippen molar-refractivity contribution in [2.75, 3.05) is 5.75 Å². The van der Waals surface area contributed by atoms with E-state index in [1.807, 2.05) is 18.2 Å². The van der Waals surface area contributed by atoms with E-state index in [0.717, 1.165) is 17.9 Å². The summed E-state index contributed by atoms with van der Waals surface area (Å²) in [5.41, 5.74) is 1.22. The summed E-state index contributed by atoms with van der Waals surface area (Å²) in [7, 11) is 0. The molecule has 2 unspecified atom stereocenters. The minimum atomic E-state index is -0.763. The Morgan fingerprint density at radius 2 is 2.38 bits per heavy atom. The van der Waals surface area contributed by atoms with Gasteiger partial charge in [-0.05, 0) is 18.6 Å². The van der Waals surface area contributed by atoms with Crippen molar-refractivity contribution in [1.29, 1.82) is 0 Å². The van der Waals surface area contributed by atoms with Crippen molar-refractivity contribution < 1.29 is 14.6 Å². The second-order valence-corrected chi connectivity index (χ2v) is 5.24. The number of para-hydroxylation sites is 1. The topological polar surface area (TPSA) is 46.5 Å². The number of aliphatic carboxylic acids is 1. The number of carboxylic acids is 1. The Balaban J connectivity index is 1.86. The van der Waals surface area contributed by atoms with Crippen molar-refractivity contribution in [2.45, 2.75) is 24.7 Å². The second kappa shape index (κ2) is 4.78. The van der Waals surface area contributed by atoms with Gasteiger partial charge >= 0.3 is 5.97 Å². The smallest absolute Gasteiger partial charge is 0.316 e. The van der Waals surface area contributed by atoms with Gasteiger partial charge in [-0.25, -0.2) is 0 Å². The molecule has 1 aromatic carbocycles. The largest absolute Gasteiger partial charge is 0.489 e. The predicted octanol–water partition coefficient (Wildman–Crippen LogP) is 2.20. The van der Waals surface area contributed by atoms with Crippen molar-refractivity contribution in [2.24, 2.45) is 0 Å². The van der Waals surface area contributed by atoms with E-state index in [-0.39, 0.29) is 11.4 Å². The zero-order valence-corrected chi connectivity index (χ0v) is 9.87. The third-order valence-electron chi connectivity index (χ3n) is 2.59. The summed E-state index contributed by atoms with van der Waals surface area (Å²) in [6, 6.07) is 7.97. The van der Waals surface area contributed by atoms with Gasteiger partial charge in [-0.2, -0.15) is 0 Å². The molecular weight excluding hydrogens is 224 g/mol. The number of carbonyl (C=O) groups is 1. The lowest BCUT2D eigenvalue weighted by Gasteiger charge is -2.11. The normalized spacial score (nSPS) is 19.9. The first-order valence-corrected chi connectivity index (χ1v) is 6.30. The van der Waals surface area contributed by atoms with Crippen LogP contribution in [0.5, 0.6) is 5.75 Å². The Kier molecular flexibility index (Phi) is 3.39. The Morgan fingerprint density at radius 1 is 1.62 bits per heavy atom. The van der Waals surface area contributed by atoms with Crippen LogP contribution < -0.4 is 4.74 Å². The zero-order chi connectivity index (χ0) is 11.5. The molecule has 0 radical (unpaired) electrons. The molecule has 86 valence electrons. The van der Waals surface area contributed by atoms with E-state index < -0.39 is 5.97 Å². The van der Waals surface area contributed by atoms with Gasteiger partial charge in [0.05, 0.1) is 5.25 Å². The van der Waals surface area contributed by atoms with Crippen molar-refractivity contribution in [1.82, 2.24) is 0 Å². The van der Waals surface area contributed by atoms with Crippen molar-refractivity contribution in [3.8, 4) is 5.75 Å². The van der Waals surface area contributed by atoms with E-state index in [9.17, 15) is 4.79 Å². The fourth-order valence-electron chi connectivity index (χ4n) is 1.67. The SMILES string of the molecule is CC(SCC1Cc2ccccc2O1)C(=O)O. The molecule has 1 aliphatic heterocycles. The van der Waals surface area contributed by atoms with Crippen LogP contribution in [-0.4, -0.2) is 28.2 Å². The maximum atomic E-state index is 10.7. The molecule has 0 saturated heterocycles. The molecular formula is C12H14O3S. The summed E-state index contributed by atoms with van der Waals surface area (Å²) in [4.78, 5) is 10.7. The van der Waals surface area contributed by atoms with E-state index in [1.54, 1.807) is 6.92 Å². The number of hydrogen-bond acceptors (Lipinski definition) is 3. The maximum absolute atomic E-state index is 10.7. The summed E-state index contributed by atoms with van der Waals surface area (Å²) >= 11 is 1.43. The van der Waals surface area contributed by atoms with Gasteiger partial charge in [-0.1, -0.05) is 18.2 Å². The average molecular weight is 238 g/mol. The molecule has 0 amide bonds. The highest BCUT2D eigenvalue weighted by atomic mass is 32.2. The molecule has 0 fully saturated rings. The van der Waals surface area contributed by atoms with Crippen LogP contribution in [0.4, 0.5) is 0 Å². The standard InChI is InChI=1S/C12H14O3S/c1-8(12(13)14)16-7-10-6-9-4-2-3-5-11(9)15-10/h2-5,8,10H,6-7H2,1H3,(H,13,14). The summed E-state index contributed by atoms with van der Waals surface area (Å²) in [5.74, 6) is 0.902. The first kappa shape index (κ1) is 11.3. The quantitative estimate of drug-likeness (QED) is 0.873. The van der Waals surface area contributed by atoms with Crippen LogP contribution in [0.15, 0.2) is 24.3 Å². The lowest BCUT2D eigenvalue weighted by molar-refractivity contribution is -0.136. The molecule has 2 atom stereocenters. The number of ether oxygens (including phenoxy) is 1. The molecule has 0 aliphatic carbocycles. The highest BCUT2D eigenvalue weighted by Crippen LogP contribution is 2.30. The van der Waals surface area contributed by atoms with Crippen LogP contribution >= 0.6 is 11.8 Å². The van der Waals surface area contributed by atoms with Crippen molar-refractivity contribution >= 4 is 17.7 Å². The van der Waals surface area contributed by atoms with Crippen LogP contribution in [0.3, 0.4) is 0 Å². The van der Waals surface area contributed by atoms with E-state index in [4.69, 9.17) is 9.84 Å². The fourth-order valence-corrected chi connectivity index (χ4v) is 2.50. The molecule has 0 aromatic heterocycles. The van der Waals surface area contributed by atoms with Crippen LogP contribution in [-0.2, 0) is 11.2 Å². The van der Waals surface area contributed by atoms with E-state index in [2.05, 4.69) is 6.07 Å². The van der Waals surface area contributed by atoms with Gasteiger partial charge in [0.15, 0.2) is 0 Å². The highest BCUT2D eigenvalue weighted by molar-refractivity contribution is 8.00. The first-order valence-electron chi connectivity index (χ1n) is 5.26. The average Bonchev–Trinajstić information content (AvgIpc) is 2.68. The lowest BCUT2D eigenvalue weighted by Crippen LogP contribution is -2.20. The first-order chi connectivity index (χ1) is 7.66. The Bertz CT molecular complexity index is 367. The van der Waals surface area contributed by atoms with Gasteiger partial charge in [0, 0.05) is 12.2 Å². The molecule has 0 spiro atoms. The summed E-state index contributed by atoms with van der Waals surface area (Å²) in [5, 5.41) is 8.40. The summed E-state index contributed by atoms with van der Waals surface area (Å²) in [6.07, 6.45) is 0.999. The predicted molar refractivity (Wildman–Crippen MR) is 64.1 cm³/mol. The van der Waals surface area contributed by atoms with Gasteiger partial charge in [0.1, 0.15) is 11.9 Å². The summed E-state index contributed by atoms with van der Waals surface area (Å²) in [6.45, 7) is 1.70. The Hall–Kier alpha value is -1.16. The summed E-state index contributed by atoms with van der Waals surface area (Å²) < 4.78 is 5.72. The number of benzene rings is 1. The minimum Gasteiger partial charge on any atom is -0.489 e. The highest BCUT2D eigenvalue weighted by Gasteiger charge is 2.23. The monoisotopic (exact) mass is 238 g/mol. The molecule has 16 heavy (non-hydrogen) atoms. The van der Waals surface area contributed by atoms with Gasteiger partial charge in [-0.15, -0.1) is 11.8 Å². The van der Waals surface area contributed by atoms with Crippen LogP contribution in [0, 0.1) is 0 Å². The number of carboxylic acid groups (broad SMARTS) is 1. The molecule has 1 aromatic rings. The fraction of sp³-hybridized carbons (Fsp3) is 0.417. The maximum Gasteiger partial charge on any atom is 0.316 e. The van der Waals surface area contributed by atoms with Crippen LogP contribution in [0.25, 0.3) is 0 Å². The van der Waals surface area contributed by atoms with Gasteiger partial charge in [0.2, 0.25) is 0 Å². The molecule has 1 heterocycles. The molecule has 1 N–H and O–H groups in total. The van der Waals surface area contributed by atoms with Crippen LogP contribution in [0.1, 0.15) is 12.5 Å². The number of rotatable bonds is 4. The third-order valence-corrected chi connectivity index (χ3v) is 3.86. The molecule has 0 bridgehead atoms. The molecule has 0 saturated carbocycles. The van der Waals surface area contributed by atoms with Crippen molar-refractivity contribution in [3.63, 3.8) is 0 Å². The Morgan fingerprint density at radius 3 is 3.06 bits per heavy atom. The lowest BCUT2D eigenvalue weighted by atomic mass is 10.1. The van der Waals surface area contributed by atoms with E-state index in [0.29, 0.717) is 0 Å². The second-order valence-electron chi connectivity index (χ2n) is 3.87. The van der Waals surface area contributed by atoms with E-state index in [1.165, 1.54) is 17.3 Å². The van der Waals surface area contributed by atoms with Gasteiger partial charge in [0.25, 0.3) is 0 Å². The van der Waals surface area contributed by atoms with Crippen molar-refractivity contribution in [3.05, 3.63) is 29.8 Å². The van der Waals surface area contributed by atoms with Crippen LogP contribution in [0.2, 0.25) is 0 Å². The minimum absolute atomic E-state index is 0.115. The third kappa shape index (κ3) is 2.50. The number of thioether (sulfide) groups is 1. The molecule has 1 aliphatic rings. The number of fused-ring (bicyclic) bond motifs is 1. The zero-order valence-electron chi connectivity index (χ0n) is 9.05. The van der Waals surface area contributed by atoms with Gasteiger partial charge in [-0.3, -0.25) is 4.79 Å². The van der Waals surface area contributed by atoms with E-state index >= 15 is 0 Å². The van der Waals surface area contributed by atoms with Gasteiger partial charge < -0.3 is 9.84 Å². The molecule has 2 rings (SSSR count). The Labute approximate surface area is 98.8 Å². The molecule has 4 heteroatoms. The number of hydrogen-bond donors (Lipinski definition) is 1.